The zero-order valence-electron chi connectivity index (χ0n) is 16.0. The first-order valence-corrected chi connectivity index (χ1v) is 9.47. The molecule has 27 heavy (non-hydrogen) atoms. The Bertz CT molecular complexity index is 990. The summed E-state index contributed by atoms with van der Waals surface area (Å²) in [5, 5.41) is 4.00. The molecular weight excluding hydrogens is 336 g/mol. The van der Waals surface area contributed by atoms with Crippen LogP contribution < -0.4 is 10.9 Å². The van der Waals surface area contributed by atoms with Crippen molar-refractivity contribution in [1.82, 2.24) is 10.3 Å². The summed E-state index contributed by atoms with van der Waals surface area (Å²) in [6.45, 7) is 4.51. The Morgan fingerprint density at radius 1 is 1.00 bits per heavy atom. The number of fused-ring (bicyclic) bond motifs is 1. The van der Waals surface area contributed by atoms with Crippen LogP contribution in [-0.4, -0.2) is 17.4 Å². The SMILES string of the molecule is Cc1ccc(C)c2[nH]c(=O)c(CCNC(=O)CCCc3ccccc3)cc12. The van der Waals surface area contributed by atoms with Gasteiger partial charge >= 0.3 is 0 Å². The van der Waals surface area contributed by atoms with Crippen LogP contribution in [0.25, 0.3) is 10.9 Å². The van der Waals surface area contributed by atoms with Crippen LogP contribution in [0.5, 0.6) is 0 Å². The van der Waals surface area contributed by atoms with Gasteiger partial charge in [0, 0.05) is 23.9 Å². The first kappa shape index (κ1) is 18.9. The van der Waals surface area contributed by atoms with Crippen molar-refractivity contribution >= 4 is 16.8 Å². The molecule has 0 fully saturated rings. The van der Waals surface area contributed by atoms with Crippen molar-refractivity contribution in [3.63, 3.8) is 0 Å². The smallest absolute Gasteiger partial charge is 0.251 e. The van der Waals surface area contributed by atoms with Gasteiger partial charge in [0.05, 0.1) is 5.52 Å². The molecule has 140 valence electrons. The molecule has 0 radical (unpaired) electrons. The van der Waals surface area contributed by atoms with E-state index in [9.17, 15) is 9.59 Å². The van der Waals surface area contributed by atoms with Crippen molar-refractivity contribution in [2.24, 2.45) is 0 Å². The van der Waals surface area contributed by atoms with Gasteiger partial charge in [-0.25, -0.2) is 0 Å². The lowest BCUT2D eigenvalue weighted by Gasteiger charge is -2.09. The Labute approximate surface area is 159 Å². The summed E-state index contributed by atoms with van der Waals surface area (Å²) >= 11 is 0. The van der Waals surface area contributed by atoms with Gasteiger partial charge in [-0.2, -0.15) is 0 Å². The highest BCUT2D eigenvalue weighted by molar-refractivity contribution is 5.85. The van der Waals surface area contributed by atoms with Crippen molar-refractivity contribution in [2.45, 2.75) is 39.5 Å². The fourth-order valence-electron chi connectivity index (χ4n) is 3.33. The maximum absolute atomic E-state index is 12.3. The van der Waals surface area contributed by atoms with Gasteiger partial charge in [-0.1, -0.05) is 42.5 Å². The Morgan fingerprint density at radius 3 is 2.52 bits per heavy atom. The molecule has 0 saturated heterocycles. The van der Waals surface area contributed by atoms with Gasteiger partial charge in [0.15, 0.2) is 0 Å². The van der Waals surface area contributed by atoms with E-state index in [1.54, 1.807) is 0 Å². The first-order chi connectivity index (χ1) is 13.0. The predicted octanol–water partition coefficient (Wildman–Crippen LogP) is 3.83. The Hall–Kier alpha value is -2.88. The summed E-state index contributed by atoms with van der Waals surface area (Å²) in [5.41, 5.74) is 4.98. The van der Waals surface area contributed by atoms with Gasteiger partial charge in [-0.3, -0.25) is 9.59 Å². The molecule has 0 atom stereocenters. The third-order valence-electron chi connectivity index (χ3n) is 4.95. The third-order valence-corrected chi connectivity index (χ3v) is 4.95. The summed E-state index contributed by atoms with van der Waals surface area (Å²) in [6, 6.07) is 16.2. The van der Waals surface area contributed by atoms with Crippen LogP contribution in [0.15, 0.2) is 53.3 Å². The number of aromatic nitrogens is 1. The Morgan fingerprint density at radius 2 is 1.74 bits per heavy atom. The number of amides is 1. The van der Waals surface area contributed by atoms with Crippen molar-refractivity contribution < 1.29 is 4.79 Å². The second kappa shape index (κ2) is 8.67. The Balaban J connectivity index is 1.52. The summed E-state index contributed by atoms with van der Waals surface area (Å²) in [7, 11) is 0. The van der Waals surface area contributed by atoms with Crippen LogP contribution in [-0.2, 0) is 17.6 Å². The highest BCUT2D eigenvalue weighted by atomic mass is 16.1. The van der Waals surface area contributed by atoms with Gasteiger partial charge in [0.1, 0.15) is 0 Å². The van der Waals surface area contributed by atoms with E-state index in [1.807, 2.05) is 44.2 Å². The fourth-order valence-corrected chi connectivity index (χ4v) is 3.33. The Kier molecular flexibility index (Phi) is 6.07. The molecule has 3 rings (SSSR count). The lowest BCUT2D eigenvalue weighted by Crippen LogP contribution is -2.27. The van der Waals surface area contributed by atoms with E-state index in [0.29, 0.717) is 24.9 Å². The zero-order chi connectivity index (χ0) is 19.2. The quantitative estimate of drug-likeness (QED) is 0.671. The summed E-state index contributed by atoms with van der Waals surface area (Å²) in [4.78, 5) is 27.3. The molecule has 0 aliphatic rings. The number of hydrogen-bond acceptors (Lipinski definition) is 2. The minimum Gasteiger partial charge on any atom is -0.356 e. The number of benzene rings is 2. The minimum absolute atomic E-state index is 0.0372. The molecule has 0 aliphatic carbocycles. The molecule has 4 nitrogen and oxygen atoms in total. The number of nitrogens with one attached hydrogen (secondary N) is 2. The van der Waals surface area contributed by atoms with Gasteiger partial charge in [-0.15, -0.1) is 0 Å². The molecule has 0 saturated carbocycles. The standard InChI is InChI=1S/C23H26N2O2/c1-16-11-12-17(2)22-20(16)15-19(23(27)25-22)13-14-24-21(26)10-6-9-18-7-4-3-5-8-18/h3-5,7-8,11-12,15H,6,9-10,13-14H2,1-2H3,(H,24,26)(H,25,27). The van der Waals surface area contributed by atoms with Gasteiger partial charge < -0.3 is 10.3 Å². The molecule has 3 aromatic rings. The largest absolute Gasteiger partial charge is 0.356 e. The van der Waals surface area contributed by atoms with Crippen LogP contribution in [0.2, 0.25) is 0 Å². The molecule has 0 spiro atoms. The molecule has 4 heteroatoms. The average Bonchev–Trinajstić information content (AvgIpc) is 2.66. The number of pyridine rings is 1. The van der Waals surface area contributed by atoms with E-state index in [-0.39, 0.29) is 11.5 Å². The van der Waals surface area contributed by atoms with Crippen molar-refractivity contribution in [3.05, 3.63) is 81.1 Å². The van der Waals surface area contributed by atoms with Crippen LogP contribution in [0, 0.1) is 13.8 Å². The average molecular weight is 362 g/mol. The number of aromatic amines is 1. The first-order valence-electron chi connectivity index (χ1n) is 9.47. The van der Waals surface area contributed by atoms with E-state index >= 15 is 0 Å². The molecule has 1 heterocycles. The minimum atomic E-state index is -0.0745. The van der Waals surface area contributed by atoms with Crippen LogP contribution in [0.1, 0.15) is 35.1 Å². The molecule has 2 N–H and O–H groups in total. The highest BCUT2D eigenvalue weighted by Gasteiger charge is 2.08. The van der Waals surface area contributed by atoms with Crippen molar-refractivity contribution in [1.29, 1.82) is 0 Å². The van der Waals surface area contributed by atoms with E-state index in [4.69, 9.17) is 0 Å². The second-order valence-corrected chi connectivity index (χ2v) is 7.05. The molecular formula is C23H26N2O2. The lowest BCUT2D eigenvalue weighted by molar-refractivity contribution is -0.121. The molecule has 1 aromatic heterocycles. The topological polar surface area (TPSA) is 62.0 Å². The van der Waals surface area contributed by atoms with Gasteiger partial charge in [0.2, 0.25) is 5.91 Å². The number of rotatable bonds is 7. The molecule has 0 unspecified atom stereocenters. The fraction of sp³-hybridized carbons (Fsp3) is 0.304. The van der Waals surface area contributed by atoms with Crippen molar-refractivity contribution in [3.8, 4) is 0 Å². The summed E-state index contributed by atoms with van der Waals surface area (Å²) in [5.74, 6) is 0.0372. The lowest BCUT2D eigenvalue weighted by atomic mass is 10.0. The van der Waals surface area contributed by atoms with Crippen molar-refractivity contribution in [2.75, 3.05) is 6.54 Å². The maximum Gasteiger partial charge on any atom is 0.251 e. The van der Waals surface area contributed by atoms with Crippen LogP contribution in [0.3, 0.4) is 0 Å². The van der Waals surface area contributed by atoms with E-state index in [1.165, 1.54) is 5.56 Å². The maximum atomic E-state index is 12.3. The van der Waals surface area contributed by atoms with Crippen LogP contribution in [0.4, 0.5) is 0 Å². The number of carbonyl (C=O) groups is 1. The second-order valence-electron chi connectivity index (χ2n) is 7.05. The summed E-state index contributed by atoms with van der Waals surface area (Å²) in [6.07, 6.45) is 2.76. The molecule has 0 bridgehead atoms. The predicted molar refractivity (Wildman–Crippen MR) is 110 cm³/mol. The highest BCUT2D eigenvalue weighted by Crippen LogP contribution is 2.19. The van der Waals surface area contributed by atoms with E-state index < -0.39 is 0 Å². The number of hydrogen-bond donors (Lipinski definition) is 2. The van der Waals surface area contributed by atoms with Gasteiger partial charge in [-0.05, 0) is 55.9 Å². The van der Waals surface area contributed by atoms with Crippen LogP contribution >= 0.6 is 0 Å². The van der Waals surface area contributed by atoms with Gasteiger partial charge in [0.25, 0.3) is 5.56 Å². The van der Waals surface area contributed by atoms with E-state index in [2.05, 4.69) is 28.5 Å². The molecule has 0 aliphatic heterocycles. The zero-order valence-corrected chi connectivity index (χ0v) is 16.0. The monoisotopic (exact) mass is 362 g/mol. The molecule has 2 aromatic carbocycles. The molecule has 1 amide bonds. The van der Waals surface area contributed by atoms with E-state index in [0.717, 1.165) is 34.9 Å². The third kappa shape index (κ3) is 4.85. The normalized spacial score (nSPS) is 10.9. The number of H-pyrrole nitrogens is 1. The number of carbonyl (C=O) groups excluding carboxylic acids is 1. The summed E-state index contributed by atoms with van der Waals surface area (Å²) < 4.78 is 0. The number of aryl methyl sites for hydroxylation is 3.